The van der Waals surface area contributed by atoms with Crippen LogP contribution in [0.2, 0.25) is 0 Å². The van der Waals surface area contributed by atoms with Crippen molar-refractivity contribution in [3.63, 3.8) is 0 Å². The van der Waals surface area contributed by atoms with Crippen LogP contribution in [0.15, 0.2) is 24.3 Å². The summed E-state index contributed by atoms with van der Waals surface area (Å²) in [6.07, 6.45) is 2.12. The summed E-state index contributed by atoms with van der Waals surface area (Å²) in [5.74, 6) is -0.315. The standard InChI is InChI=1S/C14H19N3O3/c15-7-8-20-9-13(18)16-11-3-1-10(2-4-11)14(19)17-12-5-6-12/h1-4,12H,5-9,15H2,(H,16,18)(H,17,19). The van der Waals surface area contributed by atoms with Crippen LogP contribution >= 0.6 is 0 Å². The van der Waals surface area contributed by atoms with E-state index in [1.807, 2.05) is 0 Å². The van der Waals surface area contributed by atoms with Crippen LogP contribution in [0.1, 0.15) is 23.2 Å². The largest absolute Gasteiger partial charge is 0.370 e. The highest BCUT2D eigenvalue weighted by atomic mass is 16.5. The molecular weight excluding hydrogens is 258 g/mol. The molecule has 1 saturated carbocycles. The molecule has 0 heterocycles. The lowest BCUT2D eigenvalue weighted by Crippen LogP contribution is -2.25. The molecule has 1 aromatic carbocycles. The Kier molecular flexibility index (Phi) is 5.09. The number of amides is 2. The summed E-state index contributed by atoms with van der Waals surface area (Å²) >= 11 is 0. The molecular formula is C14H19N3O3. The number of anilines is 1. The highest BCUT2D eigenvalue weighted by molar-refractivity contribution is 5.96. The lowest BCUT2D eigenvalue weighted by molar-refractivity contribution is -0.120. The molecule has 1 aromatic rings. The van der Waals surface area contributed by atoms with Gasteiger partial charge < -0.3 is 21.1 Å². The monoisotopic (exact) mass is 277 g/mol. The number of nitrogens with one attached hydrogen (secondary N) is 2. The van der Waals surface area contributed by atoms with Crippen molar-refractivity contribution in [2.75, 3.05) is 25.1 Å². The molecule has 0 bridgehead atoms. The molecule has 0 saturated heterocycles. The van der Waals surface area contributed by atoms with Crippen LogP contribution in [0.4, 0.5) is 5.69 Å². The van der Waals surface area contributed by atoms with Gasteiger partial charge in [0.05, 0.1) is 6.61 Å². The van der Waals surface area contributed by atoms with Gasteiger partial charge in [-0.1, -0.05) is 0 Å². The first kappa shape index (κ1) is 14.5. The zero-order valence-corrected chi connectivity index (χ0v) is 11.2. The topological polar surface area (TPSA) is 93.4 Å². The highest BCUT2D eigenvalue weighted by Crippen LogP contribution is 2.19. The molecule has 2 rings (SSSR count). The first-order valence-electron chi connectivity index (χ1n) is 6.67. The summed E-state index contributed by atoms with van der Waals surface area (Å²) in [5.41, 5.74) is 6.48. The third kappa shape index (κ3) is 4.64. The van der Waals surface area contributed by atoms with E-state index < -0.39 is 0 Å². The maximum Gasteiger partial charge on any atom is 0.251 e. The molecule has 0 radical (unpaired) electrons. The predicted octanol–water partition coefficient (Wildman–Crippen LogP) is 0.493. The summed E-state index contributed by atoms with van der Waals surface area (Å²) in [7, 11) is 0. The minimum atomic E-state index is -0.242. The average molecular weight is 277 g/mol. The molecule has 0 unspecified atom stereocenters. The van der Waals surface area contributed by atoms with Crippen molar-refractivity contribution in [3.05, 3.63) is 29.8 Å². The van der Waals surface area contributed by atoms with Crippen LogP contribution in [-0.2, 0) is 9.53 Å². The highest BCUT2D eigenvalue weighted by Gasteiger charge is 2.23. The molecule has 0 spiro atoms. The van der Waals surface area contributed by atoms with Crippen molar-refractivity contribution in [1.82, 2.24) is 5.32 Å². The minimum absolute atomic E-state index is 0.0267. The maximum absolute atomic E-state index is 11.8. The van der Waals surface area contributed by atoms with E-state index >= 15 is 0 Å². The average Bonchev–Trinajstić information content (AvgIpc) is 3.24. The van der Waals surface area contributed by atoms with Gasteiger partial charge in [0.1, 0.15) is 6.61 Å². The van der Waals surface area contributed by atoms with Crippen molar-refractivity contribution >= 4 is 17.5 Å². The first-order chi connectivity index (χ1) is 9.69. The predicted molar refractivity (Wildman–Crippen MR) is 75.4 cm³/mol. The van der Waals surface area contributed by atoms with Gasteiger partial charge >= 0.3 is 0 Å². The van der Waals surface area contributed by atoms with Gasteiger partial charge in [-0.15, -0.1) is 0 Å². The number of nitrogens with two attached hydrogens (primary N) is 1. The fourth-order valence-corrected chi connectivity index (χ4v) is 1.65. The normalized spacial score (nSPS) is 13.8. The summed E-state index contributed by atoms with van der Waals surface area (Å²) in [6, 6.07) is 7.11. The Bertz CT molecular complexity index is 469. The molecule has 0 atom stereocenters. The zero-order chi connectivity index (χ0) is 14.4. The Morgan fingerprint density at radius 3 is 2.55 bits per heavy atom. The summed E-state index contributed by atoms with van der Waals surface area (Å²) in [5, 5.41) is 5.59. The van der Waals surface area contributed by atoms with Crippen LogP contribution in [0.25, 0.3) is 0 Å². The van der Waals surface area contributed by atoms with Crippen molar-refractivity contribution < 1.29 is 14.3 Å². The SMILES string of the molecule is NCCOCC(=O)Nc1ccc(C(=O)NC2CC2)cc1. The molecule has 6 nitrogen and oxygen atoms in total. The van der Waals surface area contributed by atoms with Crippen molar-refractivity contribution in [3.8, 4) is 0 Å². The molecule has 1 aliphatic carbocycles. The van der Waals surface area contributed by atoms with E-state index in [1.54, 1.807) is 24.3 Å². The second-order valence-electron chi connectivity index (χ2n) is 4.71. The van der Waals surface area contributed by atoms with Gasteiger partial charge in [-0.25, -0.2) is 0 Å². The minimum Gasteiger partial charge on any atom is -0.370 e. The number of rotatable bonds is 7. The number of ether oxygens (including phenoxy) is 1. The first-order valence-corrected chi connectivity index (χ1v) is 6.67. The number of carbonyl (C=O) groups is 2. The molecule has 6 heteroatoms. The van der Waals surface area contributed by atoms with Crippen LogP contribution in [0.5, 0.6) is 0 Å². The molecule has 0 aromatic heterocycles. The van der Waals surface area contributed by atoms with Gasteiger partial charge in [-0.05, 0) is 37.1 Å². The lowest BCUT2D eigenvalue weighted by atomic mass is 10.2. The smallest absolute Gasteiger partial charge is 0.251 e. The molecule has 1 fully saturated rings. The molecule has 0 aliphatic heterocycles. The van der Waals surface area contributed by atoms with Crippen molar-refractivity contribution in [2.45, 2.75) is 18.9 Å². The Labute approximate surface area is 117 Å². The van der Waals surface area contributed by atoms with E-state index in [1.165, 1.54) is 0 Å². The van der Waals surface area contributed by atoms with Crippen LogP contribution in [-0.4, -0.2) is 37.6 Å². The molecule has 108 valence electrons. The van der Waals surface area contributed by atoms with Gasteiger partial charge in [0.2, 0.25) is 5.91 Å². The van der Waals surface area contributed by atoms with E-state index in [0.29, 0.717) is 30.4 Å². The number of hydrogen-bond acceptors (Lipinski definition) is 4. The fourth-order valence-electron chi connectivity index (χ4n) is 1.65. The third-order valence-electron chi connectivity index (χ3n) is 2.84. The second kappa shape index (κ2) is 7.02. The number of carbonyl (C=O) groups excluding carboxylic acids is 2. The number of benzene rings is 1. The Balaban J connectivity index is 1.81. The zero-order valence-electron chi connectivity index (χ0n) is 11.2. The summed E-state index contributed by atoms with van der Waals surface area (Å²) in [4.78, 5) is 23.3. The molecule has 1 aliphatic rings. The van der Waals surface area contributed by atoms with E-state index in [0.717, 1.165) is 12.8 Å². The molecule has 2 amide bonds. The molecule has 20 heavy (non-hydrogen) atoms. The van der Waals surface area contributed by atoms with Gasteiger partial charge in [-0.3, -0.25) is 9.59 Å². The lowest BCUT2D eigenvalue weighted by Gasteiger charge is -2.07. The van der Waals surface area contributed by atoms with Crippen LogP contribution in [0.3, 0.4) is 0 Å². The maximum atomic E-state index is 11.8. The van der Waals surface area contributed by atoms with Gasteiger partial charge in [0.25, 0.3) is 5.91 Å². The van der Waals surface area contributed by atoms with Crippen molar-refractivity contribution in [2.24, 2.45) is 5.73 Å². The fraction of sp³-hybridized carbons (Fsp3) is 0.429. The van der Waals surface area contributed by atoms with E-state index in [-0.39, 0.29) is 18.4 Å². The Morgan fingerprint density at radius 2 is 1.95 bits per heavy atom. The van der Waals surface area contributed by atoms with Gasteiger partial charge in [0, 0.05) is 23.8 Å². The Hall–Kier alpha value is -1.92. The van der Waals surface area contributed by atoms with E-state index in [4.69, 9.17) is 10.5 Å². The summed E-state index contributed by atoms with van der Waals surface area (Å²) in [6.45, 7) is 0.715. The van der Waals surface area contributed by atoms with Gasteiger partial charge in [0.15, 0.2) is 0 Å². The number of hydrogen-bond donors (Lipinski definition) is 3. The van der Waals surface area contributed by atoms with E-state index in [9.17, 15) is 9.59 Å². The quantitative estimate of drug-likeness (QED) is 0.632. The third-order valence-corrected chi connectivity index (χ3v) is 2.84. The second-order valence-corrected chi connectivity index (χ2v) is 4.71. The van der Waals surface area contributed by atoms with Crippen LogP contribution < -0.4 is 16.4 Å². The molecule has 4 N–H and O–H groups in total. The summed E-state index contributed by atoms with van der Waals surface area (Å²) < 4.78 is 5.03. The van der Waals surface area contributed by atoms with Gasteiger partial charge in [-0.2, -0.15) is 0 Å². The van der Waals surface area contributed by atoms with Crippen LogP contribution in [0, 0.1) is 0 Å². The van der Waals surface area contributed by atoms with Crippen molar-refractivity contribution in [1.29, 1.82) is 0 Å². The Morgan fingerprint density at radius 1 is 1.25 bits per heavy atom. The van der Waals surface area contributed by atoms with E-state index in [2.05, 4.69) is 10.6 Å².